The Kier molecular flexibility index (Phi) is 12.3. The highest BCUT2D eigenvalue weighted by Gasteiger charge is 2.63. The number of carbonyl (C=O) groups is 2. The second-order valence-electron chi connectivity index (χ2n) is 16.2. The molecule has 3 aliphatic rings. The molecule has 0 spiro atoms. The zero-order valence-corrected chi connectivity index (χ0v) is 33.1. The number of hydrogen-bond donors (Lipinski definition) is 1. The molecule has 1 atom stereocenters. The molecule has 2 aromatic heterocycles. The van der Waals surface area contributed by atoms with E-state index in [2.05, 4.69) is 60.6 Å². The van der Waals surface area contributed by atoms with Crippen LogP contribution in [-0.4, -0.2) is 76.8 Å². The van der Waals surface area contributed by atoms with Crippen molar-refractivity contribution in [3.05, 3.63) is 87.6 Å². The van der Waals surface area contributed by atoms with Gasteiger partial charge in [-0.3, -0.25) is 19.3 Å². The van der Waals surface area contributed by atoms with Gasteiger partial charge in [0.1, 0.15) is 35.5 Å². The van der Waals surface area contributed by atoms with Crippen LogP contribution in [0.4, 0.5) is 5.82 Å². The van der Waals surface area contributed by atoms with Crippen LogP contribution in [0.1, 0.15) is 94.6 Å². The van der Waals surface area contributed by atoms with Gasteiger partial charge in [-0.2, -0.15) is 10.4 Å². The van der Waals surface area contributed by atoms with Crippen LogP contribution in [0.3, 0.4) is 0 Å². The van der Waals surface area contributed by atoms with Crippen LogP contribution in [0.5, 0.6) is 11.5 Å². The number of ketones is 1. The molecule has 0 bridgehead atoms. The molecular weight excluding hydrogens is 718 g/mol. The lowest BCUT2D eigenvalue weighted by Crippen LogP contribution is -2.66. The normalized spacial score (nSPS) is 22.0. The standard InChI is InChI=1S/C42H52ClN7O5/c1-28-10-14-34(39(53)47-28)50-38(52)23-32(27-46-50)54-21-9-7-6-8-16-48-17-19-49(20-18-48)37-15-12-30(26-45-37)35(51)24-36-41(2,3)40(42(36,4)5)55-31-13-11-29(25-44)33(43)22-31/h11-13,15,22-23,26-27,34,36,40H,1,6-10,14,16-21,24H2,2-5H3,(H,47,53). The second-order valence-corrected chi connectivity index (χ2v) is 16.6. The highest BCUT2D eigenvalue weighted by molar-refractivity contribution is 6.31. The molecule has 1 aromatic carbocycles. The van der Waals surface area contributed by atoms with Crippen LogP contribution in [0, 0.1) is 28.1 Å². The number of nitrogens with zero attached hydrogens (tertiary/aromatic N) is 6. The van der Waals surface area contributed by atoms with Gasteiger partial charge in [0, 0.05) is 73.0 Å². The molecule has 13 heteroatoms. The number of ether oxygens (including phenoxy) is 2. The zero-order chi connectivity index (χ0) is 39.3. The summed E-state index contributed by atoms with van der Waals surface area (Å²) in [6.07, 6.45) is 8.75. The van der Waals surface area contributed by atoms with Gasteiger partial charge in [0.2, 0.25) is 5.91 Å². The number of halogens is 1. The number of piperidine rings is 1. The Morgan fingerprint density at radius 2 is 1.75 bits per heavy atom. The summed E-state index contributed by atoms with van der Waals surface area (Å²) in [7, 11) is 0. The molecule has 1 amide bonds. The average Bonchev–Trinajstić information content (AvgIpc) is 3.16. The largest absolute Gasteiger partial charge is 0.492 e. The van der Waals surface area contributed by atoms with Gasteiger partial charge in [-0.15, -0.1) is 0 Å². The predicted octanol–water partition coefficient (Wildman–Crippen LogP) is 6.59. The van der Waals surface area contributed by atoms with E-state index < -0.39 is 6.04 Å². The molecule has 1 saturated carbocycles. The van der Waals surface area contributed by atoms with Gasteiger partial charge < -0.3 is 19.7 Å². The predicted molar refractivity (Wildman–Crippen MR) is 211 cm³/mol. The van der Waals surface area contributed by atoms with E-state index in [4.69, 9.17) is 26.1 Å². The number of benzene rings is 1. The van der Waals surface area contributed by atoms with Crippen molar-refractivity contribution in [2.75, 3.05) is 44.2 Å². The molecule has 0 radical (unpaired) electrons. The monoisotopic (exact) mass is 769 g/mol. The Balaban J connectivity index is 0.871. The molecule has 6 rings (SSSR count). The maximum Gasteiger partial charge on any atom is 0.271 e. The van der Waals surface area contributed by atoms with Gasteiger partial charge in [-0.25, -0.2) is 9.67 Å². The number of carbonyl (C=O) groups excluding carboxylic acids is 2. The lowest BCUT2D eigenvalue weighted by Gasteiger charge is -2.63. The van der Waals surface area contributed by atoms with E-state index in [-0.39, 0.29) is 40.1 Å². The van der Waals surface area contributed by atoms with Gasteiger partial charge >= 0.3 is 0 Å². The molecule has 55 heavy (non-hydrogen) atoms. The maximum atomic E-state index is 13.5. The number of amides is 1. The van der Waals surface area contributed by atoms with E-state index in [1.807, 2.05) is 12.1 Å². The Bertz CT molecular complexity index is 1960. The maximum absolute atomic E-state index is 13.5. The summed E-state index contributed by atoms with van der Waals surface area (Å²) in [4.78, 5) is 47.8. The molecule has 1 aliphatic carbocycles. The molecule has 292 valence electrons. The molecular formula is C42H52ClN7O5. The summed E-state index contributed by atoms with van der Waals surface area (Å²) in [5.74, 6) is 1.88. The van der Waals surface area contributed by atoms with E-state index in [0.29, 0.717) is 59.2 Å². The molecule has 4 heterocycles. The quantitative estimate of drug-likeness (QED) is 0.133. The van der Waals surface area contributed by atoms with Gasteiger partial charge in [0.25, 0.3) is 5.56 Å². The van der Waals surface area contributed by atoms with Crippen LogP contribution >= 0.6 is 11.6 Å². The summed E-state index contributed by atoms with van der Waals surface area (Å²) in [6.45, 7) is 17.6. The highest BCUT2D eigenvalue weighted by atomic mass is 35.5. The van der Waals surface area contributed by atoms with Crippen molar-refractivity contribution < 1.29 is 19.1 Å². The minimum absolute atomic E-state index is 0.0850. The van der Waals surface area contributed by atoms with Crippen molar-refractivity contribution in [3.8, 4) is 17.6 Å². The Hall–Kier alpha value is -4.73. The number of Topliss-reactive ketones (excluding diaryl/α,β-unsaturated/α-hetero) is 1. The van der Waals surface area contributed by atoms with E-state index >= 15 is 0 Å². The van der Waals surface area contributed by atoms with Crippen molar-refractivity contribution in [1.29, 1.82) is 5.26 Å². The van der Waals surface area contributed by atoms with Crippen molar-refractivity contribution in [3.63, 3.8) is 0 Å². The van der Waals surface area contributed by atoms with Crippen LogP contribution in [0.2, 0.25) is 5.02 Å². The number of rotatable bonds is 15. The molecule has 3 fully saturated rings. The van der Waals surface area contributed by atoms with Gasteiger partial charge in [-0.1, -0.05) is 58.7 Å². The zero-order valence-electron chi connectivity index (χ0n) is 32.4. The summed E-state index contributed by atoms with van der Waals surface area (Å²) in [5, 5.41) is 16.4. The van der Waals surface area contributed by atoms with E-state index in [1.54, 1.807) is 24.4 Å². The second kappa shape index (κ2) is 17.0. The van der Waals surface area contributed by atoms with Crippen molar-refractivity contribution >= 4 is 29.1 Å². The summed E-state index contributed by atoms with van der Waals surface area (Å²) >= 11 is 6.25. The molecule has 3 aromatic rings. The summed E-state index contributed by atoms with van der Waals surface area (Å²) in [6, 6.07) is 11.9. The first-order valence-electron chi connectivity index (χ1n) is 19.3. The fraction of sp³-hybridized carbons (Fsp3) is 0.524. The first-order valence-corrected chi connectivity index (χ1v) is 19.7. The van der Waals surface area contributed by atoms with E-state index in [1.165, 1.54) is 16.9 Å². The minimum atomic E-state index is -0.624. The Morgan fingerprint density at radius 3 is 2.40 bits per heavy atom. The number of nitrogens with one attached hydrogen (secondary N) is 1. The highest BCUT2D eigenvalue weighted by Crippen LogP contribution is 2.61. The van der Waals surface area contributed by atoms with Gasteiger partial charge in [0.15, 0.2) is 5.78 Å². The lowest BCUT2D eigenvalue weighted by molar-refractivity contribution is -0.196. The lowest BCUT2D eigenvalue weighted by atomic mass is 9.44. The smallest absolute Gasteiger partial charge is 0.271 e. The number of pyridine rings is 1. The van der Waals surface area contributed by atoms with Gasteiger partial charge in [-0.05, 0) is 62.4 Å². The number of unbranched alkanes of at least 4 members (excludes halogenated alkanes) is 3. The topological polar surface area (TPSA) is 143 Å². The van der Waals surface area contributed by atoms with Crippen molar-refractivity contribution in [2.45, 2.75) is 84.8 Å². The van der Waals surface area contributed by atoms with Gasteiger partial charge in [0.05, 0.1) is 23.4 Å². The van der Waals surface area contributed by atoms with Crippen molar-refractivity contribution in [1.82, 2.24) is 25.0 Å². The third-order valence-electron chi connectivity index (χ3n) is 11.7. The first kappa shape index (κ1) is 39.9. The van der Waals surface area contributed by atoms with E-state index in [9.17, 15) is 19.6 Å². The third-order valence-corrected chi connectivity index (χ3v) is 12.0. The van der Waals surface area contributed by atoms with E-state index in [0.717, 1.165) is 64.2 Å². The first-order chi connectivity index (χ1) is 26.3. The Morgan fingerprint density at radius 1 is 1.00 bits per heavy atom. The summed E-state index contributed by atoms with van der Waals surface area (Å²) < 4.78 is 13.4. The average molecular weight is 770 g/mol. The SMILES string of the molecule is C=C1CCC(n2ncc(OCCCCCCN3CCN(c4ccc(C(=O)CC5C(C)(C)C(Oc6ccc(C#N)c(Cl)c6)C5(C)C)cn4)CC3)cc2=O)C(=O)N1. The number of aromatic nitrogens is 3. The van der Waals surface area contributed by atoms with Crippen LogP contribution in [0.15, 0.2) is 65.9 Å². The molecule has 1 N–H and O–H groups in total. The molecule has 1 unspecified atom stereocenters. The van der Waals surface area contributed by atoms with Crippen LogP contribution in [0.25, 0.3) is 0 Å². The summed E-state index contributed by atoms with van der Waals surface area (Å²) in [5.41, 5.74) is 0.859. The number of anilines is 1. The number of allylic oxidation sites excluding steroid dienone is 1. The fourth-order valence-electron chi connectivity index (χ4n) is 8.75. The van der Waals surface area contributed by atoms with Crippen LogP contribution < -0.4 is 25.2 Å². The number of nitriles is 1. The van der Waals surface area contributed by atoms with Crippen LogP contribution in [-0.2, 0) is 4.79 Å². The molecule has 2 aliphatic heterocycles. The van der Waals surface area contributed by atoms with Crippen molar-refractivity contribution in [2.24, 2.45) is 16.7 Å². The third kappa shape index (κ3) is 9.05. The fourth-order valence-corrected chi connectivity index (χ4v) is 8.96. The minimum Gasteiger partial charge on any atom is -0.492 e. The Labute approximate surface area is 328 Å². The number of hydrogen-bond acceptors (Lipinski definition) is 10. The molecule has 12 nitrogen and oxygen atoms in total. The molecule has 2 saturated heterocycles. The number of piperazine rings is 1.